The molecule has 0 saturated heterocycles. The van der Waals surface area contributed by atoms with Gasteiger partial charge in [0.2, 0.25) is 5.91 Å². The lowest BCUT2D eigenvalue weighted by Gasteiger charge is -2.18. The van der Waals surface area contributed by atoms with Crippen LogP contribution in [-0.4, -0.2) is 35.9 Å². The molecule has 0 aliphatic carbocycles. The lowest BCUT2D eigenvalue weighted by atomic mass is 10.3. The Labute approximate surface area is 97.8 Å². The molecule has 0 fully saturated rings. The molecule has 0 saturated carbocycles. The minimum Gasteiger partial charge on any atom is -0.359 e. The van der Waals surface area contributed by atoms with E-state index in [2.05, 4.69) is 26.2 Å². The minimum absolute atomic E-state index is 0.0248. The second-order valence-electron chi connectivity index (χ2n) is 3.44. The number of nitrogens with zero attached hydrogens (tertiary/aromatic N) is 2. The molecule has 1 aromatic heterocycles. The molecule has 0 radical (unpaired) electrons. The number of nitrogens with one attached hydrogen (secondary N) is 1. The molecule has 1 atom stereocenters. The second kappa shape index (κ2) is 5.11. The summed E-state index contributed by atoms with van der Waals surface area (Å²) in [7, 11) is 3.46. The number of pyridine rings is 1. The maximum atomic E-state index is 11.6. The van der Waals surface area contributed by atoms with Crippen LogP contribution in [0.1, 0.15) is 6.92 Å². The van der Waals surface area contributed by atoms with Crippen molar-refractivity contribution < 1.29 is 4.79 Å². The first-order valence-corrected chi connectivity index (χ1v) is 5.40. The third-order valence-electron chi connectivity index (χ3n) is 1.89. The predicted octanol–water partition coefficient (Wildman–Crippen LogP) is 1.73. The molecular weight excluding hydrogens is 258 g/mol. The zero-order valence-electron chi connectivity index (χ0n) is 8.99. The van der Waals surface area contributed by atoms with Gasteiger partial charge >= 0.3 is 0 Å². The Morgan fingerprint density at radius 3 is 2.73 bits per heavy atom. The fraction of sp³-hybridized carbons (Fsp3) is 0.400. The third kappa shape index (κ3) is 3.51. The van der Waals surface area contributed by atoms with Crippen LogP contribution in [0.3, 0.4) is 0 Å². The fourth-order valence-electron chi connectivity index (χ4n) is 1.16. The quantitative estimate of drug-likeness (QED) is 0.852. The first-order valence-electron chi connectivity index (χ1n) is 4.61. The highest BCUT2D eigenvalue weighted by molar-refractivity contribution is 9.10. The van der Waals surface area contributed by atoms with Crippen molar-refractivity contribution >= 4 is 27.7 Å². The van der Waals surface area contributed by atoms with Crippen molar-refractivity contribution in [2.24, 2.45) is 0 Å². The molecule has 0 bridgehead atoms. The number of carbonyl (C=O) groups excluding carboxylic acids is 1. The highest BCUT2D eigenvalue weighted by atomic mass is 79.9. The van der Waals surface area contributed by atoms with E-state index in [4.69, 9.17) is 0 Å². The summed E-state index contributed by atoms with van der Waals surface area (Å²) in [5.74, 6) is 0.712. The number of aromatic nitrogens is 1. The highest BCUT2D eigenvalue weighted by Crippen LogP contribution is 2.11. The predicted molar refractivity (Wildman–Crippen MR) is 63.7 cm³/mol. The Morgan fingerprint density at radius 2 is 2.20 bits per heavy atom. The summed E-state index contributed by atoms with van der Waals surface area (Å²) in [6.45, 7) is 1.81. The normalized spacial score (nSPS) is 12.0. The van der Waals surface area contributed by atoms with E-state index in [9.17, 15) is 4.79 Å². The van der Waals surface area contributed by atoms with Crippen LogP contribution in [0.25, 0.3) is 0 Å². The van der Waals surface area contributed by atoms with Crippen molar-refractivity contribution in [3.8, 4) is 0 Å². The van der Waals surface area contributed by atoms with Crippen LogP contribution in [0, 0.1) is 0 Å². The van der Waals surface area contributed by atoms with Crippen molar-refractivity contribution in [3.63, 3.8) is 0 Å². The molecule has 1 heterocycles. The largest absolute Gasteiger partial charge is 0.359 e. The topological polar surface area (TPSA) is 45.2 Å². The molecule has 5 heteroatoms. The lowest BCUT2D eigenvalue weighted by Crippen LogP contribution is -2.36. The average molecular weight is 272 g/mol. The van der Waals surface area contributed by atoms with Crippen LogP contribution in [0.15, 0.2) is 22.8 Å². The van der Waals surface area contributed by atoms with Gasteiger partial charge in [0.05, 0.1) is 0 Å². The van der Waals surface area contributed by atoms with Gasteiger partial charge in [0.25, 0.3) is 0 Å². The number of hydrogen-bond donors (Lipinski definition) is 1. The second-order valence-corrected chi connectivity index (χ2v) is 4.26. The number of amides is 1. The van der Waals surface area contributed by atoms with Gasteiger partial charge < -0.3 is 10.2 Å². The Morgan fingerprint density at radius 1 is 1.53 bits per heavy atom. The van der Waals surface area contributed by atoms with E-state index in [0.29, 0.717) is 5.82 Å². The van der Waals surface area contributed by atoms with Crippen LogP contribution in [-0.2, 0) is 4.79 Å². The van der Waals surface area contributed by atoms with E-state index in [-0.39, 0.29) is 11.9 Å². The van der Waals surface area contributed by atoms with Gasteiger partial charge in [-0.1, -0.05) is 6.07 Å². The maximum absolute atomic E-state index is 11.6. The fourth-order valence-corrected chi connectivity index (χ4v) is 1.50. The number of likely N-dealkylation sites (N-methyl/N-ethyl adjacent to an activating group) is 1. The standard InChI is InChI=1S/C10H14BrN3O/c1-7(10(15)14(2)3)12-9-6-4-5-8(11)13-9/h4-7H,1-3H3,(H,12,13). The van der Waals surface area contributed by atoms with Gasteiger partial charge in [-0.15, -0.1) is 0 Å². The molecule has 15 heavy (non-hydrogen) atoms. The third-order valence-corrected chi connectivity index (χ3v) is 2.33. The van der Waals surface area contributed by atoms with E-state index >= 15 is 0 Å². The first-order chi connectivity index (χ1) is 7.00. The van der Waals surface area contributed by atoms with Gasteiger partial charge in [0.1, 0.15) is 16.5 Å². The molecule has 82 valence electrons. The molecular formula is C10H14BrN3O. The molecule has 1 unspecified atom stereocenters. The van der Waals surface area contributed by atoms with E-state index in [1.807, 2.05) is 25.1 Å². The van der Waals surface area contributed by atoms with E-state index < -0.39 is 0 Å². The summed E-state index contributed by atoms with van der Waals surface area (Å²) in [5.41, 5.74) is 0. The summed E-state index contributed by atoms with van der Waals surface area (Å²) in [6.07, 6.45) is 0. The molecule has 1 aromatic rings. The van der Waals surface area contributed by atoms with E-state index in [0.717, 1.165) is 4.60 Å². The van der Waals surface area contributed by atoms with Crippen LogP contribution in [0.4, 0.5) is 5.82 Å². The summed E-state index contributed by atoms with van der Waals surface area (Å²) >= 11 is 3.27. The Kier molecular flexibility index (Phi) is 4.08. The molecule has 4 nitrogen and oxygen atoms in total. The van der Waals surface area contributed by atoms with Crippen molar-refractivity contribution in [3.05, 3.63) is 22.8 Å². The number of halogens is 1. The van der Waals surface area contributed by atoms with Crippen molar-refractivity contribution in [1.82, 2.24) is 9.88 Å². The Hall–Kier alpha value is -1.10. The summed E-state index contributed by atoms with van der Waals surface area (Å²) in [6, 6.07) is 5.25. The molecule has 0 aliphatic heterocycles. The Balaban J connectivity index is 2.66. The molecule has 1 rings (SSSR count). The van der Waals surface area contributed by atoms with Crippen LogP contribution in [0.5, 0.6) is 0 Å². The Bertz CT molecular complexity index is 354. The minimum atomic E-state index is -0.276. The van der Waals surface area contributed by atoms with Gasteiger partial charge in [0.15, 0.2) is 0 Å². The highest BCUT2D eigenvalue weighted by Gasteiger charge is 2.14. The smallest absolute Gasteiger partial charge is 0.244 e. The van der Waals surface area contributed by atoms with Crippen LogP contribution in [0.2, 0.25) is 0 Å². The number of rotatable bonds is 3. The summed E-state index contributed by atoms with van der Waals surface area (Å²) in [4.78, 5) is 17.3. The molecule has 1 amide bonds. The van der Waals surface area contributed by atoms with E-state index in [1.165, 1.54) is 0 Å². The maximum Gasteiger partial charge on any atom is 0.244 e. The summed E-state index contributed by atoms with van der Waals surface area (Å²) < 4.78 is 0.747. The number of carbonyl (C=O) groups is 1. The monoisotopic (exact) mass is 271 g/mol. The van der Waals surface area contributed by atoms with Gasteiger partial charge in [0, 0.05) is 14.1 Å². The van der Waals surface area contributed by atoms with Crippen molar-refractivity contribution in [1.29, 1.82) is 0 Å². The first kappa shape index (κ1) is 12.0. The molecule has 0 aliphatic rings. The van der Waals surface area contributed by atoms with Gasteiger partial charge in [-0.05, 0) is 35.0 Å². The average Bonchev–Trinajstić information content (AvgIpc) is 2.16. The molecule has 0 aromatic carbocycles. The van der Waals surface area contributed by atoms with Crippen molar-refractivity contribution in [2.75, 3.05) is 19.4 Å². The molecule has 0 spiro atoms. The van der Waals surface area contributed by atoms with Crippen LogP contribution >= 0.6 is 15.9 Å². The lowest BCUT2D eigenvalue weighted by molar-refractivity contribution is -0.129. The summed E-state index contributed by atoms with van der Waals surface area (Å²) in [5, 5.41) is 3.03. The van der Waals surface area contributed by atoms with Gasteiger partial charge in [-0.3, -0.25) is 4.79 Å². The van der Waals surface area contributed by atoms with Crippen molar-refractivity contribution in [2.45, 2.75) is 13.0 Å². The zero-order valence-corrected chi connectivity index (χ0v) is 10.6. The molecule has 1 N–H and O–H groups in total. The van der Waals surface area contributed by atoms with Crippen LogP contribution < -0.4 is 5.32 Å². The SMILES string of the molecule is CC(Nc1cccc(Br)n1)C(=O)N(C)C. The van der Waals surface area contributed by atoms with Gasteiger partial charge in [-0.2, -0.15) is 0 Å². The van der Waals surface area contributed by atoms with Gasteiger partial charge in [-0.25, -0.2) is 4.98 Å². The number of hydrogen-bond acceptors (Lipinski definition) is 3. The number of anilines is 1. The van der Waals surface area contributed by atoms with E-state index in [1.54, 1.807) is 19.0 Å². The zero-order chi connectivity index (χ0) is 11.4.